The molecule has 1 atom stereocenters. The van der Waals surface area contributed by atoms with Crippen molar-refractivity contribution in [1.29, 1.82) is 0 Å². The molecule has 6 heteroatoms. The minimum atomic E-state index is 0.173. The molecular formula is C13H16ClN3OS. The summed E-state index contributed by atoms with van der Waals surface area (Å²) in [4.78, 5) is 2.37. The zero-order chi connectivity index (χ0) is 13.2. The molecule has 4 nitrogen and oxygen atoms in total. The van der Waals surface area contributed by atoms with E-state index >= 15 is 0 Å². The van der Waals surface area contributed by atoms with Gasteiger partial charge in [0.25, 0.3) is 0 Å². The van der Waals surface area contributed by atoms with Crippen molar-refractivity contribution in [1.82, 2.24) is 14.7 Å². The molecule has 0 aromatic carbocycles. The molecule has 0 bridgehead atoms. The quantitative estimate of drug-likeness (QED) is 0.872. The number of hydrogen-bond donors (Lipinski definition) is 0. The third-order valence-electron chi connectivity index (χ3n) is 3.45. The van der Waals surface area contributed by atoms with E-state index in [4.69, 9.17) is 16.3 Å². The Labute approximate surface area is 121 Å². The number of aromatic nitrogens is 2. The lowest BCUT2D eigenvalue weighted by Crippen LogP contribution is -2.38. The summed E-state index contributed by atoms with van der Waals surface area (Å²) in [5.41, 5.74) is 2.33. The average Bonchev–Trinajstić information content (AvgIpc) is 3.05. The highest BCUT2D eigenvalue weighted by Crippen LogP contribution is 2.26. The van der Waals surface area contributed by atoms with Crippen molar-refractivity contribution < 1.29 is 4.74 Å². The highest BCUT2D eigenvalue weighted by Gasteiger charge is 2.23. The number of nitrogens with zero attached hydrogens (tertiary/aromatic N) is 3. The summed E-state index contributed by atoms with van der Waals surface area (Å²) < 4.78 is 7.69. The van der Waals surface area contributed by atoms with E-state index < -0.39 is 0 Å². The van der Waals surface area contributed by atoms with Crippen molar-refractivity contribution in [3.8, 4) is 0 Å². The van der Waals surface area contributed by atoms with Crippen LogP contribution in [0.2, 0.25) is 5.02 Å². The van der Waals surface area contributed by atoms with Gasteiger partial charge in [-0.25, -0.2) is 0 Å². The van der Waals surface area contributed by atoms with Crippen molar-refractivity contribution in [2.24, 2.45) is 7.05 Å². The van der Waals surface area contributed by atoms with Crippen LogP contribution in [0.4, 0.5) is 0 Å². The minimum absolute atomic E-state index is 0.173. The third-order valence-corrected chi connectivity index (χ3v) is 4.47. The number of halogens is 1. The molecule has 2 aromatic rings. The van der Waals surface area contributed by atoms with Gasteiger partial charge in [0.15, 0.2) is 0 Å². The van der Waals surface area contributed by atoms with Gasteiger partial charge in [0, 0.05) is 26.7 Å². The van der Waals surface area contributed by atoms with E-state index in [1.165, 1.54) is 5.56 Å². The summed E-state index contributed by atoms with van der Waals surface area (Å²) >= 11 is 7.87. The fraction of sp³-hybridized carbons (Fsp3) is 0.462. The van der Waals surface area contributed by atoms with Gasteiger partial charge in [0.2, 0.25) is 0 Å². The summed E-state index contributed by atoms with van der Waals surface area (Å²) in [5.74, 6) is 0. The fourth-order valence-electron chi connectivity index (χ4n) is 2.33. The Kier molecular flexibility index (Phi) is 3.88. The summed E-state index contributed by atoms with van der Waals surface area (Å²) in [6.07, 6.45) is 1.88. The zero-order valence-corrected chi connectivity index (χ0v) is 12.3. The molecule has 1 aliphatic heterocycles. The molecule has 0 unspecified atom stereocenters. The van der Waals surface area contributed by atoms with E-state index in [9.17, 15) is 0 Å². The molecule has 0 spiro atoms. The maximum absolute atomic E-state index is 6.16. The van der Waals surface area contributed by atoms with Gasteiger partial charge >= 0.3 is 0 Å². The van der Waals surface area contributed by atoms with Crippen LogP contribution in [0.3, 0.4) is 0 Å². The van der Waals surface area contributed by atoms with Crippen LogP contribution in [0.1, 0.15) is 17.4 Å². The van der Waals surface area contributed by atoms with Crippen LogP contribution in [0.25, 0.3) is 0 Å². The maximum Gasteiger partial charge on any atom is 0.0960 e. The van der Waals surface area contributed by atoms with Crippen molar-refractivity contribution in [2.45, 2.75) is 12.6 Å². The Balaban J connectivity index is 1.69. The topological polar surface area (TPSA) is 30.3 Å². The SMILES string of the molecule is Cn1ncc(Cl)c1CN1CCO[C@H](c2ccsc2)C1. The summed E-state index contributed by atoms with van der Waals surface area (Å²) in [7, 11) is 1.93. The smallest absolute Gasteiger partial charge is 0.0960 e. The Bertz CT molecular complexity index is 521. The summed E-state index contributed by atoms with van der Waals surface area (Å²) in [5, 5.41) is 9.17. The van der Waals surface area contributed by atoms with Gasteiger partial charge in [-0.3, -0.25) is 9.58 Å². The number of rotatable bonds is 3. The minimum Gasteiger partial charge on any atom is -0.371 e. The molecule has 1 aliphatic rings. The third kappa shape index (κ3) is 2.84. The van der Waals surface area contributed by atoms with Gasteiger partial charge in [-0.15, -0.1) is 0 Å². The molecule has 3 heterocycles. The lowest BCUT2D eigenvalue weighted by molar-refractivity contribution is -0.0333. The molecule has 0 N–H and O–H groups in total. The van der Waals surface area contributed by atoms with Crippen LogP contribution >= 0.6 is 22.9 Å². The van der Waals surface area contributed by atoms with Crippen LogP contribution in [0.5, 0.6) is 0 Å². The van der Waals surface area contributed by atoms with E-state index in [2.05, 4.69) is 26.8 Å². The first-order valence-corrected chi connectivity index (χ1v) is 7.58. The van der Waals surface area contributed by atoms with Crippen molar-refractivity contribution in [3.05, 3.63) is 39.3 Å². The van der Waals surface area contributed by atoms with E-state index in [-0.39, 0.29) is 6.10 Å². The first kappa shape index (κ1) is 13.1. The summed E-state index contributed by atoms with van der Waals surface area (Å²) in [6, 6.07) is 2.13. The first-order valence-electron chi connectivity index (χ1n) is 6.26. The Morgan fingerprint density at radius 1 is 1.58 bits per heavy atom. The molecule has 19 heavy (non-hydrogen) atoms. The predicted octanol–water partition coefficient (Wildman–Crippen LogP) is 2.71. The van der Waals surface area contributed by atoms with Crippen molar-refractivity contribution in [3.63, 3.8) is 0 Å². The van der Waals surface area contributed by atoms with Gasteiger partial charge < -0.3 is 4.74 Å². The number of aryl methyl sites for hydroxylation is 1. The average molecular weight is 298 g/mol. The number of hydrogen-bond acceptors (Lipinski definition) is 4. The molecule has 0 radical (unpaired) electrons. The molecule has 1 saturated heterocycles. The number of thiophene rings is 1. The molecule has 1 fully saturated rings. The highest BCUT2D eigenvalue weighted by atomic mass is 35.5. The fourth-order valence-corrected chi connectivity index (χ4v) is 3.26. The van der Waals surface area contributed by atoms with Gasteiger partial charge in [-0.2, -0.15) is 16.4 Å². The van der Waals surface area contributed by atoms with Gasteiger partial charge in [0.05, 0.1) is 29.6 Å². The van der Waals surface area contributed by atoms with Crippen LogP contribution in [-0.4, -0.2) is 34.4 Å². The first-order chi connectivity index (χ1) is 9.24. The van der Waals surface area contributed by atoms with Crippen molar-refractivity contribution >= 4 is 22.9 Å². The molecule has 3 rings (SSSR count). The monoisotopic (exact) mass is 297 g/mol. The second-order valence-electron chi connectivity index (χ2n) is 4.71. The lowest BCUT2D eigenvalue weighted by Gasteiger charge is -2.32. The van der Waals surface area contributed by atoms with Crippen LogP contribution in [0.15, 0.2) is 23.0 Å². The second kappa shape index (κ2) is 5.63. The molecular weight excluding hydrogens is 282 g/mol. The molecule has 2 aromatic heterocycles. The highest BCUT2D eigenvalue weighted by molar-refractivity contribution is 7.07. The molecule has 0 saturated carbocycles. The number of ether oxygens (including phenoxy) is 1. The maximum atomic E-state index is 6.16. The Morgan fingerprint density at radius 3 is 3.16 bits per heavy atom. The lowest BCUT2D eigenvalue weighted by atomic mass is 10.1. The Hall–Kier alpha value is -0.880. The zero-order valence-electron chi connectivity index (χ0n) is 10.8. The van der Waals surface area contributed by atoms with E-state index in [1.807, 2.05) is 11.7 Å². The molecule has 0 amide bonds. The van der Waals surface area contributed by atoms with Gasteiger partial charge in [-0.1, -0.05) is 11.6 Å². The van der Waals surface area contributed by atoms with E-state index in [0.717, 1.165) is 37.0 Å². The molecule has 102 valence electrons. The van der Waals surface area contributed by atoms with Crippen LogP contribution in [0, 0.1) is 0 Å². The van der Waals surface area contributed by atoms with E-state index in [1.54, 1.807) is 17.5 Å². The van der Waals surface area contributed by atoms with Gasteiger partial charge in [0.1, 0.15) is 0 Å². The summed E-state index contributed by atoms with van der Waals surface area (Å²) in [6.45, 7) is 3.41. The number of morpholine rings is 1. The second-order valence-corrected chi connectivity index (χ2v) is 5.90. The predicted molar refractivity (Wildman–Crippen MR) is 76.5 cm³/mol. The van der Waals surface area contributed by atoms with E-state index in [0.29, 0.717) is 0 Å². The normalized spacial score (nSPS) is 20.8. The van der Waals surface area contributed by atoms with Gasteiger partial charge in [-0.05, 0) is 22.4 Å². The van der Waals surface area contributed by atoms with Crippen LogP contribution < -0.4 is 0 Å². The standard InChI is InChI=1S/C13H16ClN3OS/c1-16-12(11(14)6-15-16)7-17-3-4-18-13(8-17)10-2-5-19-9-10/h2,5-6,9,13H,3-4,7-8H2,1H3/t13-/m0/s1. The van der Waals surface area contributed by atoms with Crippen molar-refractivity contribution in [2.75, 3.05) is 19.7 Å². The molecule has 0 aliphatic carbocycles. The Morgan fingerprint density at radius 2 is 2.47 bits per heavy atom. The van der Waals surface area contributed by atoms with Crippen LogP contribution in [-0.2, 0) is 18.3 Å². The largest absolute Gasteiger partial charge is 0.371 e.